The molecule has 3 unspecified atom stereocenters. The molecule has 1 heterocycles. The lowest BCUT2D eigenvalue weighted by molar-refractivity contribution is -0.173. The number of carbonyl (C=O) groups is 1. The fourth-order valence-corrected chi connectivity index (χ4v) is 3.96. The molecule has 11 heteroatoms. The summed E-state index contributed by atoms with van der Waals surface area (Å²) in [6, 6.07) is 0. The molecule has 1 aliphatic heterocycles. The lowest BCUT2D eigenvalue weighted by Gasteiger charge is -2.32. The Morgan fingerprint density at radius 2 is 1.94 bits per heavy atom. The molecule has 0 aliphatic carbocycles. The zero-order chi connectivity index (χ0) is 12.7. The first-order chi connectivity index (χ1) is 8.22. The van der Waals surface area contributed by atoms with E-state index < -0.39 is 12.1 Å². The normalized spacial score (nSPS) is 29.1. The maximum absolute atomic E-state index is 11.7. The van der Waals surface area contributed by atoms with Gasteiger partial charge >= 0.3 is 5.97 Å². The number of hydrogen-bond donors (Lipinski definition) is 0. The molecule has 0 aromatic heterocycles. The highest BCUT2D eigenvalue weighted by atomic mass is 127. The summed E-state index contributed by atoms with van der Waals surface area (Å²) in [7, 11) is 3.51. The van der Waals surface area contributed by atoms with E-state index >= 15 is 0 Å². The van der Waals surface area contributed by atoms with Crippen molar-refractivity contribution in [3.63, 3.8) is 0 Å². The summed E-state index contributed by atoms with van der Waals surface area (Å²) in [5, 5.41) is 0. The molecular formula is C6H7I3O5S3. The van der Waals surface area contributed by atoms with Crippen LogP contribution in [0.15, 0.2) is 0 Å². The van der Waals surface area contributed by atoms with Gasteiger partial charge in [0.05, 0.1) is 34.2 Å². The number of cyclic esters (lactones) is 1. The van der Waals surface area contributed by atoms with Crippen LogP contribution in [0.3, 0.4) is 0 Å². The molecule has 1 saturated heterocycles. The average Bonchev–Trinajstić information content (AvgIpc) is 2.31. The highest BCUT2D eigenvalue weighted by Gasteiger charge is 2.41. The van der Waals surface area contributed by atoms with Crippen LogP contribution in [0.25, 0.3) is 0 Å². The monoisotopic (exact) mass is 636 g/mol. The van der Waals surface area contributed by atoms with Crippen molar-refractivity contribution in [2.75, 3.05) is 6.61 Å². The van der Waals surface area contributed by atoms with Gasteiger partial charge in [-0.2, -0.15) is 0 Å². The van der Waals surface area contributed by atoms with Crippen molar-refractivity contribution in [2.24, 2.45) is 0 Å². The van der Waals surface area contributed by atoms with E-state index in [1.807, 2.05) is 63.6 Å². The number of carbonyl (C=O) groups excluding carboxylic acids is 1. The van der Waals surface area contributed by atoms with Crippen molar-refractivity contribution in [1.82, 2.24) is 0 Å². The maximum Gasteiger partial charge on any atom is 0.339 e. The molecule has 1 fully saturated rings. The zero-order valence-corrected chi connectivity index (χ0v) is 17.0. The highest BCUT2D eigenvalue weighted by molar-refractivity contribution is 14.2. The fourth-order valence-electron chi connectivity index (χ4n) is 1.29. The molecular weight excluding hydrogens is 629 g/mol. The molecule has 5 nitrogen and oxygen atoms in total. The number of rotatable bonds is 7. The first kappa shape index (κ1) is 17.6. The van der Waals surface area contributed by atoms with Gasteiger partial charge in [0.15, 0.2) is 6.10 Å². The Morgan fingerprint density at radius 3 is 2.53 bits per heavy atom. The maximum atomic E-state index is 11.7. The predicted molar refractivity (Wildman–Crippen MR) is 95.0 cm³/mol. The molecule has 1 aliphatic rings. The Balaban J connectivity index is 2.56. The van der Waals surface area contributed by atoms with Gasteiger partial charge in [0.25, 0.3) is 0 Å². The van der Waals surface area contributed by atoms with Crippen LogP contribution in [-0.4, -0.2) is 30.9 Å². The van der Waals surface area contributed by atoms with Gasteiger partial charge in [0, 0.05) is 70.0 Å². The fraction of sp³-hybridized carbons (Fsp3) is 0.833. The second-order valence-corrected chi connectivity index (χ2v) is 7.15. The number of hydrogen-bond acceptors (Lipinski definition) is 8. The largest absolute Gasteiger partial charge is 0.458 e. The zero-order valence-electron chi connectivity index (χ0n) is 8.05. The summed E-state index contributed by atoms with van der Waals surface area (Å²) < 4.78 is 21.1. The van der Waals surface area contributed by atoms with Crippen LogP contribution >= 0.6 is 91.3 Å². The van der Waals surface area contributed by atoms with Crippen LogP contribution in [0.2, 0.25) is 0 Å². The predicted octanol–water partition coefficient (Wildman–Crippen LogP) is 4.08. The summed E-state index contributed by atoms with van der Waals surface area (Å²) in [5.74, 6) is -0.400. The summed E-state index contributed by atoms with van der Waals surface area (Å²) in [6.07, 6.45) is -0.700. The smallest absolute Gasteiger partial charge is 0.339 e. The minimum absolute atomic E-state index is 0.280. The van der Waals surface area contributed by atoms with Crippen molar-refractivity contribution in [3.8, 4) is 0 Å². The van der Waals surface area contributed by atoms with Crippen LogP contribution in [0.4, 0.5) is 0 Å². The lowest BCUT2D eigenvalue weighted by Crippen LogP contribution is -2.47. The lowest BCUT2D eigenvalue weighted by atomic mass is 10.0. The first-order valence-corrected chi connectivity index (χ1v) is 14.1. The Hall–Kier alpha value is 2.59. The molecule has 0 spiro atoms. The molecule has 17 heavy (non-hydrogen) atoms. The van der Waals surface area contributed by atoms with Crippen LogP contribution in [0, 0.1) is 0 Å². The van der Waals surface area contributed by atoms with E-state index in [9.17, 15) is 4.79 Å². The quantitative estimate of drug-likeness (QED) is 0.236. The van der Waals surface area contributed by atoms with Gasteiger partial charge in [-0.1, -0.05) is 0 Å². The van der Waals surface area contributed by atoms with Crippen LogP contribution in [0.1, 0.15) is 6.42 Å². The van der Waals surface area contributed by atoms with E-state index in [4.69, 9.17) is 17.3 Å². The van der Waals surface area contributed by atoms with Crippen molar-refractivity contribution >= 4 is 97.2 Å². The summed E-state index contributed by atoms with van der Waals surface area (Å²) in [6.45, 7) is 0.356. The van der Waals surface area contributed by atoms with Crippen LogP contribution in [0.5, 0.6) is 0 Å². The highest BCUT2D eigenvalue weighted by Crippen LogP contribution is 2.31. The van der Waals surface area contributed by atoms with E-state index in [1.54, 1.807) is 0 Å². The third-order valence-corrected chi connectivity index (χ3v) is 4.78. The van der Waals surface area contributed by atoms with Crippen molar-refractivity contribution in [1.29, 1.82) is 0 Å². The standard InChI is InChI=1S/C6H7I3O5S3/c7-15-11-2-3-1-4(13-16-8)5(14-17-9)6(10)12-3/h3-5H,1-2H2. The molecule has 0 radical (unpaired) electrons. The van der Waals surface area contributed by atoms with Gasteiger partial charge in [-0.25, -0.2) is 4.79 Å². The Morgan fingerprint density at radius 1 is 1.24 bits per heavy atom. The number of halogens is 3. The minimum atomic E-state index is -0.678. The molecule has 0 amide bonds. The Bertz CT molecular complexity index is 249. The van der Waals surface area contributed by atoms with Gasteiger partial charge in [0.1, 0.15) is 12.2 Å². The van der Waals surface area contributed by atoms with Gasteiger partial charge in [-0.05, 0) is 0 Å². The van der Waals surface area contributed by atoms with Crippen LogP contribution < -0.4 is 0 Å². The van der Waals surface area contributed by atoms with Gasteiger partial charge < -0.3 is 8.92 Å². The summed E-state index contributed by atoms with van der Waals surface area (Å²) in [5.41, 5.74) is 0. The first-order valence-electron chi connectivity index (χ1n) is 4.21. The van der Waals surface area contributed by atoms with E-state index in [2.05, 4.69) is 0 Å². The van der Waals surface area contributed by atoms with Crippen molar-refractivity contribution < 1.29 is 22.1 Å². The molecule has 0 aromatic rings. The Kier molecular flexibility index (Phi) is 10.7. The summed E-state index contributed by atoms with van der Waals surface area (Å²) >= 11 is 5.99. The van der Waals surface area contributed by atoms with E-state index in [0.717, 1.165) is 9.21 Å². The third-order valence-electron chi connectivity index (χ3n) is 1.95. The molecule has 0 bridgehead atoms. The second-order valence-electron chi connectivity index (χ2n) is 2.92. The number of ether oxygens (including phenoxy) is 1. The van der Waals surface area contributed by atoms with Gasteiger partial charge in [-0.15, -0.1) is 0 Å². The molecule has 100 valence electrons. The molecule has 1 rings (SSSR count). The number of esters is 1. The van der Waals surface area contributed by atoms with E-state index in [1.165, 1.54) is 18.4 Å². The minimum Gasteiger partial charge on any atom is -0.458 e. The van der Waals surface area contributed by atoms with Crippen LogP contribution in [-0.2, 0) is 22.1 Å². The Labute approximate surface area is 148 Å². The molecule has 0 saturated carbocycles. The van der Waals surface area contributed by atoms with Crippen molar-refractivity contribution in [3.05, 3.63) is 0 Å². The molecule has 0 N–H and O–H groups in total. The molecule has 0 aromatic carbocycles. The molecule has 3 atom stereocenters. The topological polar surface area (TPSA) is 54.0 Å². The van der Waals surface area contributed by atoms with Gasteiger partial charge in [-0.3, -0.25) is 8.37 Å². The second kappa shape index (κ2) is 10.3. The van der Waals surface area contributed by atoms with E-state index in [-0.39, 0.29) is 12.2 Å². The summed E-state index contributed by atoms with van der Waals surface area (Å²) in [4.78, 5) is 11.7. The van der Waals surface area contributed by atoms with Gasteiger partial charge in [0.2, 0.25) is 0 Å². The van der Waals surface area contributed by atoms with E-state index in [0.29, 0.717) is 13.0 Å². The van der Waals surface area contributed by atoms with Crippen molar-refractivity contribution in [2.45, 2.75) is 24.7 Å². The SMILES string of the molecule is O=C1OC(COSI)CC(OSI)C1OSI. The average molecular weight is 636 g/mol. The third kappa shape index (κ3) is 6.26.